The minimum absolute atomic E-state index is 0.103. The molecule has 180 valence electrons. The lowest BCUT2D eigenvalue weighted by Crippen LogP contribution is -2.47. The zero-order valence-corrected chi connectivity index (χ0v) is 20.8. The number of nitrogens with zero attached hydrogens (tertiary/aromatic N) is 4. The Morgan fingerprint density at radius 1 is 0.914 bits per heavy atom. The van der Waals surface area contributed by atoms with Gasteiger partial charge in [-0.25, -0.2) is 4.98 Å². The molecule has 0 atom stereocenters. The first-order chi connectivity index (χ1) is 17.0. The van der Waals surface area contributed by atoms with Crippen LogP contribution in [-0.4, -0.2) is 53.1 Å². The van der Waals surface area contributed by atoms with E-state index >= 15 is 0 Å². The lowest BCUT2D eigenvalue weighted by Gasteiger charge is -2.36. The Balaban J connectivity index is 1.20. The van der Waals surface area contributed by atoms with Gasteiger partial charge in [-0.2, -0.15) is 0 Å². The molecular weight excluding hydrogens is 434 g/mol. The highest BCUT2D eigenvalue weighted by Crippen LogP contribution is 2.22. The molecule has 0 bridgehead atoms. The van der Waals surface area contributed by atoms with Crippen LogP contribution < -0.4 is 10.2 Å². The lowest BCUT2D eigenvalue weighted by molar-refractivity contribution is 0.102. The number of carbonyl (C=O) groups excluding carboxylic acids is 1. The fourth-order valence-electron chi connectivity index (χ4n) is 4.78. The first kappa shape index (κ1) is 23.1. The third kappa shape index (κ3) is 5.23. The molecule has 3 aromatic carbocycles. The normalized spacial score (nSPS) is 14.4. The molecule has 0 spiro atoms. The zero-order valence-electron chi connectivity index (χ0n) is 20.8. The molecule has 1 amide bonds. The highest BCUT2D eigenvalue weighted by molar-refractivity contribution is 6.05. The third-order valence-electron chi connectivity index (χ3n) is 6.93. The van der Waals surface area contributed by atoms with Gasteiger partial charge in [0.15, 0.2) is 0 Å². The van der Waals surface area contributed by atoms with Gasteiger partial charge >= 0.3 is 0 Å². The summed E-state index contributed by atoms with van der Waals surface area (Å²) < 4.78 is 2.17. The second-order valence-electron chi connectivity index (χ2n) is 9.53. The molecule has 4 aromatic rings. The average molecular weight is 468 g/mol. The number of aromatic nitrogens is 2. The number of nitrogens with one attached hydrogen (secondary N) is 1. The molecule has 0 radical (unpaired) electrons. The maximum absolute atomic E-state index is 12.6. The molecule has 1 aliphatic rings. The summed E-state index contributed by atoms with van der Waals surface area (Å²) >= 11 is 0. The highest BCUT2D eigenvalue weighted by Gasteiger charge is 2.18. The van der Waals surface area contributed by atoms with Crippen LogP contribution in [0.3, 0.4) is 0 Å². The number of carbonyl (C=O) groups is 1. The number of rotatable bonds is 6. The Morgan fingerprint density at radius 2 is 1.69 bits per heavy atom. The van der Waals surface area contributed by atoms with Crippen molar-refractivity contribution in [2.24, 2.45) is 7.05 Å². The Morgan fingerprint density at radius 3 is 2.43 bits per heavy atom. The number of hydrogen-bond donors (Lipinski definition) is 1. The summed E-state index contributed by atoms with van der Waals surface area (Å²) in [6.45, 7) is 9.34. The van der Waals surface area contributed by atoms with Crippen molar-refractivity contribution in [3.8, 4) is 0 Å². The molecule has 1 N–H and O–H groups in total. The molecular formula is C29H33N5O. The van der Waals surface area contributed by atoms with Crippen molar-refractivity contribution in [1.29, 1.82) is 0 Å². The first-order valence-corrected chi connectivity index (χ1v) is 12.3. The summed E-state index contributed by atoms with van der Waals surface area (Å²) in [7, 11) is 2.07. The van der Waals surface area contributed by atoms with E-state index in [1.807, 2.05) is 49.4 Å². The predicted molar refractivity (Wildman–Crippen MR) is 143 cm³/mol. The van der Waals surface area contributed by atoms with Crippen molar-refractivity contribution in [1.82, 2.24) is 14.5 Å². The number of anilines is 2. The molecule has 1 saturated heterocycles. The molecule has 5 rings (SSSR count). The minimum Gasteiger partial charge on any atom is -0.369 e. The molecule has 0 unspecified atom stereocenters. The fourth-order valence-corrected chi connectivity index (χ4v) is 4.78. The summed E-state index contributed by atoms with van der Waals surface area (Å²) in [6.07, 6.45) is 0.903. The van der Waals surface area contributed by atoms with E-state index in [-0.39, 0.29) is 5.91 Å². The van der Waals surface area contributed by atoms with Crippen LogP contribution in [-0.2, 0) is 13.5 Å². The van der Waals surface area contributed by atoms with Gasteiger partial charge in [-0.3, -0.25) is 9.69 Å². The monoisotopic (exact) mass is 467 g/mol. The van der Waals surface area contributed by atoms with Crippen LogP contribution in [0.1, 0.15) is 27.3 Å². The number of hydrogen-bond acceptors (Lipinski definition) is 4. The van der Waals surface area contributed by atoms with E-state index in [0.29, 0.717) is 5.56 Å². The van der Waals surface area contributed by atoms with E-state index in [2.05, 4.69) is 57.9 Å². The van der Waals surface area contributed by atoms with Gasteiger partial charge < -0.3 is 14.8 Å². The number of imidazole rings is 1. The number of aryl methyl sites for hydroxylation is 3. The topological polar surface area (TPSA) is 53.4 Å². The Labute approximate surface area is 207 Å². The lowest BCUT2D eigenvalue weighted by atomic mass is 10.1. The molecule has 1 aromatic heterocycles. The van der Waals surface area contributed by atoms with Gasteiger partial charge in [0, 0.05) is 63.1 Å². The van der Waals surface area contributed by atoms with Gasteiger partial charge in [-0.15, -0.1) is 0 Å². The predicted octanol–water partition coefficient (Wildman–Crippen LogP) is 4.81. The largest absolute Gasteiger partial charge is 0.369 e. The van der Waals surface area contributed by atoms with Crippen molar-refractivity contribution in [3.05, 3.63) is 89.2 Å². The Bertz CT molecular complexity index is 1330. The maximum Gasteiger partial charge on any atom is 0.255 e. The molecule has 6 nitrogen and oxygen atoms in total. The number of fused-ring (bicyclic) bond motifs is 1. The van der Waals surface area contributed by atoms with Crippen molar-refractivity contribution in [2.45, 2.75) is 20.3 Å². The Kier molecular flexibility index (Phi) is 6.55. The Hall–Kier alpha value is -3.64. The van der Waals surface area contributed by atoms with Gasteiger partial charge in [0.2, 0.25) is 0 Å². The van der Waals surface area contributed by atoms with E-state index < -0.39 is 0 Å². The van der Waals surface area contributed by atoms with Crippen molar-refractivity contribution < 1.29 is 4.79 Å². The molecule has 6 heteroatoms. The van der Waals surface area contributed by atoms with Crippen LogP contribution in [0.25, 0.3) is 11.0 Å². The molecule has 0 saturated carbocycles. The van der Waals surface area contributed by atoms with Gasteiger partial charge in [0.1, 0.15) is 5.82 Å². The van der Waals surface area contributed by atoms with Crippen molar-refractivity contribution >= 4 is 28.3 Å². The molecule has 2 heterocycles. The number of amides is 1. The summed E-state index contributed by atoms with van der Waals surface area (Å²) in [5.41, 5.74) is 7.10. The zero-order chi connectivity index (χ0) is 24.4. The van der Waals surface area contributed by atoms with Crippen LogP contribution >= 0.6 is 0 Å². The number of piperazine rings is 1. The van der Waals surface area contributed by atoms with Crippen LogP contribution in [0.4, 0.5) is 11.4 Å². The van der Waals surface area contributed by atoms with Gasteiger partial charge in [-0.05, 0) is 56.3 Å². The number of benzene rings is 3. The van der Waals surface area contributed by atoms with Gasteiger partial charge in [0.25, 0.3) is 5.91 Å². The quantitative estimate of drug-likeness (QED) is 0.442. The van der Waals surface area contributed by atoms with Crippen LogP contribution in [0.15, 0.2) is 66.7 Å². The van der Waals surface area contributed by atoms with Gasteiger partial charge in [0.05, 0.1) is 11.0 Å². The molecule has 35 heavy (non-hydrogen) atoms. The summed E-state index contributed by atoms with van der Waals surface area (Å²) in [6, 6.07) is 22.4. The molecule has 1 aliphatic heterocycles. The van der Waals surface area contributed by atoms with E-state index in [1.165, 1.54) is 11.3 Å². The van der Waals surface area contributed by atoms with Crippen LogP contribution in [0.5, 0.6) is 0 Å². The van der Waals surface area contributed by atoms with E-state index in [1.54, 1.807) is 0 Å². The van der Waals surface area contributed by atoms with Crippen molar-refractivity contribution in [3.63, 3.8) is 0 Å². The van der Waals surface area contributed by atoms with E-state index in [4.69, 9.17) is 4.98 Å². The maximum atomic E-state index is 12.6. The third-order valence-corrected chi connectivity index (χ3v) is 6.93. The average Bonchev–Trinajstić information content (AvgIpc) is 3.18. The van der Waals surface area contributed by atoms with Crippen molar-refractivity contribution in [2.75, 3.05) is 42.9 Å². The second-order valence-corrected chi connectivity index (χ2v) is 9.53. The standard InChI is InChI=1S/C29H33N5O/c1-21-7-10-25(11-8-21)34-17-15-33(16-18-34)14-13-28-31-26-20-24(9-12-27(26)32(28)3)30-29(35)23-6-4-5-22(2)19-23/h4-12,19-20H,13-18H2,1-3H3,(H,30,35). The molecule has 1 fully saturated rings. The SMILES string of the molecule is Cc1ccc(N2CCN(CCc3nc4cc(NC(=O)c5cccc(C)c5)ccc4n3C)CC2)cc1. The van der Waals surface area contributed by atoms with E-state index in [9.17, 15) is 4.79 Å². The highest BCUT2D eigenvalue weighted by atomic mass is 16.1. The summed E-state index contributed by atoms with van der Waals surface area (Å²) in [4.78, 5) is 22.5. The van der Waals surface area contributed by atoms with E-state index in [0.717, 1.165) is 67.3 Å². The van der Waals surface area contributed by atoms with Gasteiger partial charge in [-0.1, -0.05) is 35.4 Å². The summed E-state index contributed by atoms with van der Waals surface area (Å²) in [5.74, 6) is 0.970. The summed E-state index contributed by atoms with van der Waals surface area (Å²) in [5, 5.41) is 3.01. The van der Waals surface area contributed by atoms with Crippen LogP contribution in [0, 0.1) is 13.8 Å². The minimum atomic E-state index is -0.103. The molecule has 0 aliphatic carbocycles. The fraction of sp³-hybridized carbons (Fsp3) is 0.310. The second kappa shape index (κ2) is 9.92. The smallest absolute Gasteiger partial charge is 0.255 e. The van der Waals surface area contributed by atoms with Crippen LogP contribution in [0.2, 0.25) is 0 Å². The first-order valence-electron chi connectivity index (χ1n) is 12.3.